The van der Waals surface area contributed by atoms with E-state index in [9.17, 15) is 4.79 Å². The fraction of sp³-hybridized carbons (Fsp3) is 0.267. The molecule has 3 N–H and O–H groups in total. The lowest BCUT2D eigenvalue weighted by Gasteiger charge is -1.97. The first-order valence-electron chi connectivity index (χ1n) is 6.92. The first-order chi connectivity index (χ1) is 10.2. The Morgan fingerprint density at radius 2 is 1.90 bits per heavy atom. The van der Waals surface area contributed by atoms with Crippen LogP contribution in [0.1, 0.15) is 28.5 Å². The van der Waals surface area contributed by atoms with E-state index >= 15 is 0 Å². The molecule has 0 amide bonds. The van der Waals surface area contributed by atoms with Gasteiger partial charge in [0.15, 0.2) is 5.82 Å². The van der Waals surface area contributed by atoms with Crippen LogP contribution in [0.25, 0.3) is 0 Å². The number of nitrogens with one attached hydrogen (secondary N) is 3. The fourth-order valence-electron chi connectivity index (χ4n) is 2.28. The van der Waals surface area contributed by atoms with Gasteiger partial charge in [0.1, 0.15) is 5.82 Å². The van der Waals surface area contributed by atoms with Crippen LogP contribution in [0.15, 0.2) is 35.1 Å². The van der Waals surface area contributed by atoms with Crippen molar-refractivity contribution in [1.29, 1.82) is 0 Å². The van der Waals surface area contributed by atoms with Crippen molar-refractivity contribution in [2.24, 2.45) is 0 Å². The summed E-state index contributed by atoms with van der Waals surface area (Å²) >= 11 is 0. The molecule has 2 heterocycles. The number of aromatic amines is 3. The number of hydrogen-bond acceptors (Lipinski definition) is 3. The van der Waals surface area contributed by atoms with Crippen LogP contribution in [-0.2, 0) is 19.3 Å². The van der Waals surface area contributed by atoms with E-state index in [4.69, 9.17) is 0 Å². The molecule has 0 aliphatic carbocycles. The zero-order chi connectivity index (χ0) is 14.7. The molecule has 0 unspecified atom stereocenters. The number of rotatable bonds is 5. The van der Waals surface area contributed by atoms with Gasteiger partial charge in [-0.25, -0.2) is 4.98 Å². The van der Waals surface area contributed by atoms with Gasteiger partial charge in [-0.1, -0.05) is 30.3 Å². The van der Waals surface area contributed by atoms with Crippen molar-refractivity contribution in [2.75, 3.05) is 0 Å². The van der Waals surface area contributed by atoms with Crippen molar-refractivity contribution in [3.05, 3.63) is 69.2 Å². The Hall–Kier alpha value is -2.63. The Kier molecular flexibility index (Phi) is 3.68. The molecule has 3 aromatic rings. The summed E-state index contributed by atoms with van der Waals surface area (Å²) < 4.78 is 0. The molecular formula is C15H17N5O. The van der Waals surface area contributed by atoms with Gasteiger partial charge in [-0.15, -0.1) is 0 Å². The zero-order valence-corrected chi connectivity index (χ0v) is 11.8. The van der Waals surface area contributed by atoms with Crippen molar-refractivity contribution in [1.82, 2.24) is 25.4 Å². The molecule has 108 valence electrons. The maximum absolute atomic E-state index is 11.6. The predicted octanol–water partition coefficient (Wildman–Crippen LogP) is 1.51. The molecule has 21 heavy (non-hydrogen) atoms. The standard InChI is InChI=1S/C15H17N5O/c1-10-12(15(21)20-17-10)9-14-16-13(18-19-14)8-7-11-5-3-2-4-6-11/h2-6H,7-9H2,1H3,(H,16,18,19)(H2,17,20,21). The molecule has 0 spiro atoms. The average molecular weight is 283 g/mol. The second kappa shape index (κ2) is 5.78. The molecule has 0 saturated heterocycles. The Balaban J connectivity index is 1.65. The second-order valence-corrected chi connectivity index (χ2v) is 5.04. The third kappa shape index (κ3) is 3.10. The van der Waals surface area contributed by atoms with E-state index in [1.807, 2.05) is 25.1 Å². The smallest absolute Gasteiger partial charge is 0.267 e. The number of benzene rings is 1. The molecule has 3 rings (SSSR count). The van der Waals surface area contributed by atoms with E-state index in [2.05, 4.69) is 37.5 Å². The minimum absolute atomic E-state index is 0.102. The van der Waals surface area contributed by atoms with Gasteiger partial charge in [0.25, 0.3) is 5.56 Å². The van der Waals surface area contributed by atoms with E-state index in [1.165, 1.54) is 5.56 Å². The lowest BCUT2D eigenvalue weighted by molar-refractivity contribution is 0.865. The SMILES string of the molecule is Cc1[nH][nH]c(=O)c1Cc1nc(CCc2ccccc2)n[nH]1. The van der Waals surface area contributed by atoms with Crippen molar-refractivity contribution >= 4 is 0 Å². The minimum Gasteiger partial charge on any atom is -0.302 e. The van der Waals surface area contributed by atoms with E-state index in [1.54, 1.807) is 0 Å². The van der Waals surface area contributed by atoms with Gasteiger partial charge in [-0.2, -0.15) is 5.10 Å². The summed E-state index contributed by atoms with van der Waals surface area (Å²) in [5, 5.41) is 12.5. The van der Waals surface area contributed by atoms with Gasteiger partial charge >= 0.3 is 0 Å². The molecule has 0 radical (unpaired) electrons. The van der Waals surface area contributed by atoms with Gasteiger partial charge < -0.3 is 5.10 Å². The van der Waals surface area contributed by atoms with E-state index in [0.29, 0.717) is 17.8 Å². The summed E-state index contributed by atoms with van der Waals surface area (Å²) in [5.74, 6) is 1.49. The fourth-order valence-corrected chi connectivity index (χ4v) is 2.28. The Bertz CT molecular complexity index is 769. The third-order valence-corrected chi connectivity index (χ3v) is 3.49. The Morgan fingerprint density at radius 3 is 2.62 bits per heavy atom. The summed E-state index contributed by atoms with van der Waals surface area (Å²) in [6, 6.07) is 10.2. The average Bonchev–Trinajstić information content (AvgIpc) is 3.08. The molecule has 0 atom stereocenters. The summed E-state index contributed by atoms with van der Waals surface area (Å²) in [5.41, 5.74) is 2.69. The Labute approximate surface area is 121 Å². The topological polar surface area (TPSA) is 90.2 Å². The van der Waals surface area contributed by atoms with Crippen LogP contribution < -0.4 is 5.56 Å². The van der Waals surface area contributed by atoms with Gasteiger partial charge in [-0.05, 0) is 18.9 Å². The first kappa shape index (κ1) is 13.4. The van der Waals surface area contributed by atoms with Crippen LogP contribution in [0.5, 0.6) is 0 Å². The number of aryl methyl sites for hydroxylation is 3. The molecule has 6 nitrogen and oxygen atoms in total. The van der Waals surface area contributed by atoms with Crippen LogP contribution in [0.2, 0.25) is 0 Å². The summed E-state index contributed by atoms with van der Waals surface area (Å²) in [6.45, 7) is 1.86. The maximum atomic E-state index is 11.6. The maximum Gasteiger partial charge on any atom is 0.267 e. The molecule has 2 aromatic heterocycles. The molecule has 0 saturated carbocycles. The van der Waals surface area contributed by atoms with Crippen LogP contribution in [0.3, 0.4) is 0 Å². The number of H-pyrrole nitrogens is 3. The normalized spacial score (nSPS) is 10.9. The van der Waals surface area contributed by atoms with E-state index in [-0.39, 0.29) is 5.56 Å². The van der Waals surface area contributed by atoms with Crippen molar-refractivity contribution in [3.63, 3.8) is 0 Å². The number of hydrogen-bond donors (Lipinski definition) is 3. The van der Waals surface area contributed by atoms with Gasteiger partial charge in [0.2, 0.25) is 0 Å². The van der Waals surface area contributed by atoms with Crippen LogP contribution in [-0.4, -0.2) is 25.4 Å². The summed E-state index contributed by atoms with van der Waals surface area (Å²) in [4.78, 5) is 16.1. The highest BCUT2D eigenvalue weighted by molar-refractivity contribution is 5.19. The quantitative estimate of drug-likeness (QED) is 0.663. The van der Waals surface area contributed by atoms with Gasteiger partial charge in [0, 0.05) is 24.1 Å². The lowest BCUT2D eigenvalue weighted by atomic mass is 10.1. The van der Waals surface area contributed by atoms with E-state index < -0.39 is 0 Å². The minimum atomic E-state index is -0.102. The highest BCUT2D eigenvalue weighted by atomic mass is 16.1. The second-order valence-electron chi connectivity index (χ2n) is 5.04. The first-order valence-corrected chi connectivity index (χ1v) is 6.92. The predicted molar refractivity (Wildman–Crippen MR) is 79.2 cm³/mol. The number of nitrogens with zero attached hydrogens (tertiary/aromatic N) is 2. The summed E-state index contributed by atoms with van der Waals surface area (Å²) in [6.07, 6.45) is 2.15. The molecule has 0 fully saturated rings. The number of aromatic nitrogens is 5. The Morgan fingerprint density at radius 1 is 1.10 bits per heavy atom. The highest BCUT2D eigenvalue weighted by Crippen LogP contribution is 2.07. The van der Waals surface area contributed by atoms with Gasteiger partial charge in [0.05, 0.1) is 0 Å². The van der Waals surface area contributed by atoms with Crippen molar-refractivity contribution < 1.29 is 0 Å². The molecule has 0 aliphatic rings. The molecular weight excluding hydrogens is 266 g/mol. The molecule has 1 aromatic carbocycles. The van der Waals surface area contributed by atoms with Crippen LogP contribution in [0, 0.1) is 6.92 Å². The monoisotopic (exact) mass is 283 g/mol. The third-order valence-electron chi connectivity index (χ3n) is 3.49. The molecule has 0 aliphatic heterocycles. The zero-order valence-electron chi connectivity index (χ0n) is 11.8. The highest BCUT2D eigenvalue weighted by Gasteiger charge is 2.10. The largest absolute Gasteiger partial charge is 0.302 e. The molecule has 6 heteroatoms. The van der Waals surface area contributed by atoms with Gasteiger partial charge in [-0.3, -0.25) is 15.0 Å². The van der Waals surface area contributed by atoms with Crippen LogP contribution in [0.4, 0.5) is 0 Å². The molecule has 0 bridgehead atoms. The van der Waals surface area contributed by atoms with Crippen molar-refractivity contribution in [3.8, 4) is 0 Å². The van der Waals surface area contributed by atoms with Crippen molar-refractivity contribution in [2.45, 2.75) is 26.2 Å². The summed E-state index contributed by atoms with van der Waals surface area (Å²) in [7, 11) is 0. The lowest BCUT2D eigenvalue weighted by Crippen LogP contribution is -2.07. The van der Waals surface area contributed by atoms with E-state index in [0.717, 1.165) is 24.4 Å². The van der Waals surface area contributed by atoms with Crippen LogP contribution >= 0.6 is 0 Å².